The lowest BCUT2D eigenvalue weighted by atomic mass is 10.2. The summed E-state index contributed by atoms with van der Waals surface area (Å²) in [6.45, 7) is 1.66. The van der Waals surface area contributed by atoms with Gasteiger partial charge in [-0.2, -0.15) is 0 Å². The van der Waals surface area contributed by atoms with Crippen molar-refractivity contribution in [3.8, 4) is 0 Å². The van der Waals surface area contributed by atoms with Crippen molar-refractivity contribution in [2.24, 2.45) is 0 Å². The van der Waals surface area contributed by atoms with Crippen LogP contribution in [0.1, 0.15) is 32.6 Å². The van der Waals surface area contributed by atoms with Crippen molar-refractivity contribution in [3.63, 3.8) is 0 Å². The van der Waals surface area contributed by atoms with Gasteiger partial charge in [0, 0.05) is 12.6 Å². The summed E-state index contributed by atoms with van der Waals surface area (Å²) in [5.41, 5.74) is 0. The first-order chi connectivity index (χ1) is 8.66. The number of nitrogens with one attached hydrogen (secondary N) is 1. The highest BCUT2D eigenvalue weighted by molar-refractivity contribution is 7.52. The van der Waals surface area contributed by atoms with E-state index in [2.05, 4.69) is 9.84 Å². The summed E-state index contributed by atoms with van der Waals surface area (Å²) in [7, 11) is -7.71. The van der Waals surface area contributed by atoms with E-state index in [-0.39, 0.29) is 25.1 Å². The molecule has 0 heterocycles. The highest BCUT2D eigenvalue weighted by atomic mass is 31.2. The molecular formula is C9H21NO7P2. The lowest BCUT2D eigenvalue weighted by Gasteiger charge is -2.11. The van der Waals surface area contributed by atoms with E-state index in [1.165, 1.54) is 0 Å². The second-order valence-corrected chi connectivity index (χ2v) is 7.64. The van der Waals surface area contributed by atoms with Crippen LogP contribution in [0.3, 0.4) is 0 Å². The molecule has 0 aromatic rings. The van der Waals surface area contributed by atoms with Crippen LogP contribution in [0.2, 0.25) is 0 Å². The first-order valence-electron chi connectivity index (χ1n) is 5.94. The Balaban J connectivity index is 3.66. The third kappa shape index (κ3) is 12.5. The standard InChI is InChI=1S/C9H21NO7P2/c1-2-17-19(15,16)8-10-9(11)6-4-3-5-7-18(12,13)14/h2-8H2,1H3,(H,10,11)(H,15,16)(H2,12,13,14). The summed E-state index contributed by atoms with van der Waals surface area (Å²) in [5, 5.41) is 2.28. The van der Waals surface area contributed by atoms with Crippen molar-refractivity contribution in [3.05, 3.63) is 0 Å². The van der Waals surface area contributed by atoms with Gasteiger partial charge in [0.25, 0.3) is 0 Å². The minimum atomic E-state index is -3.96. The van der Waals surface area contributed by atoms with Crippen molar-refractivity contribution in [2.75, 3.05) is 19.1 Å². The molecule has 0 aliphatic heterocycles. The fraction of sp³-hybridized carbons (Fsp3) is 0.889. The Bertz CT molecular complexity index is 368. The molecular weight excluding hydrogens is 296 g/mol. The highest BCUT2D eigenvalue weighted by Crippen LogP contribution is 2.39. The first kappa shape index (κ1) is 18.8. The molecule has 0 bridgehead atoms. The Morgan fingerprint density at radius 3 is 2.32 bits per heavy atom. The van der Waals surface area contributed by atoms with E-state index < -0.39 is 21.5 Å². The van der Waals surface area contributed by atoms with Gasteiger partial charge in [0.1, 0.15) is 6.29 Å². The molecule has 0 saturated heterocycles. The topological polar surface area (TPSA) is 133 Å². The van der Waals surface area contributed by atoms with Crippen LogP contribution in [-0.4, -0.2) is 39.6 Å². The molecule has 8 nitrogen and oxygen atoms in total. The summed E-state index contributed by atoms with van der Waals surface area (Å²) < 4.78 is 26.4. The van der Waals surface area contributed by atoms with Gasteiger partial charge in [0.05, 0.1) is 6.61 Å². The largest absolute Gasteiger partial charge is 0.347 e. The van der Waals surface area contributed by atoms with Crippen molar-refractivity contribution in [1.82, 2.24) is 5.32 Å². The van der Waals surface area contributed by atoms with Crippen molar-refractivity contribution in [1.29, 1.82) is 0 Å². The maximum absolute atomic E-state index is 11.3. The highest BCUT2D eigenvalue weighted by Gasteiger charge is 2.19. The van der Waals surface area contributed by atoms with Gasteiger partial charge >= 0.3 is 15.2 Å². The molecule has 114 valence electrons. The molecule has 0 fully saturated rings. The zero-order valence-electron chi connectivity index (χ0n) is 10.8. The monoisotopic (exact) mass is 317 g/mol. The number of hydrogen-bond donors (Lipinski definition) is 4. The number of unbranched alkanes of at least 4 members (excludes halogenated alkanes) is 2. The van der Waals surface area contributed by atoms with E-state index in [0.717, 1.165) is 0 Å². The van der Waals surface area contributed by atoms with Gasteiger partial charge in [-0.25, -0.2) is 0 Å². The summed E-state index contributed by atoms with van der Waals surface area (Å²) >= 11 is 0. The zero-order valence-corrected chi connectivity index (χ0v) is 12.6. The normalized spacial score (nSPS) is 14.9. The maximum atomic E-state index is 11.3. The molecule has 0 radical (unpaired) electrons. The molecule has 0 aliphatic carbocycles. The Morgan fingerprint density at radius 2 is 1.79 bits per heavy atom. The third-order valence-electron chi connectivity index (χ3n) is 2.16. The van der Waals surface area contributed by atoms with E-state index >= 15 is 0 Å². The first-order valence-corrected chi connectivity index (χ1v) is 9.50. The van der Waals surface area contributed by atoms with Crippen LogP contribution in [-0.2, 0) is 18.4 Å². The van der Waals surface area contributed by atoms with E-state index in [1.807, 2.05) is 0 Å². The van der Waals surface area contributed by atoms with Crippen molar-refractivity contribution in [2.45, 2.75) is 32.6 Å². The minimum Gasteiger partial charge on any atom is -0.344 e. The van der Waals surface area contributed by atoms with E-state index in [9.17, 15) is 18.8 Å². The number of rotatable bonds is 10. The van der Waals surface area contributed by atoms with Crippen LogP contribution in [0.15, 0.2) is 0 Å². The second-order valence-electron chi connectivity index (χ2n) is 4.01. The lowest BCUT2D eigenvalue weighted by molar-refractivity contribution is -0.120. The molecule has 10 heteroatoms. The van der Waals surface area contributed by atoms with Gasteiger partial charge in [-0.05, 0) is 19.8 Å². The molecule has 0 rings (SSSR count). The summed E-state index contributed by atoms with van der Waals surface area (Å²) in [6.07, 6.45) is 0.853. The lowest BCUT2D eigenvalue weighted by Crippen LogP contribution is -2.24. The van der Waals surface area contributed by atoms with Gasteiger partial charge < -0.3 is 24.5 Å². The molecule has 0 saturated carbocycles. The Kier molecular flexibility index (Phi) is 8.74. The summed E-state index contributed by atoms with van der Waals surface area (Å²) in [6, 6.07) is 0. The predicted octanol–water partition coefficient (Wildman–Crippen LogP) is 1.02. The fourth-order valence-corrected chi connectivity index (χ4v) is 2.81. The van der Waals surface area contributed by atoms with Crippen LogP contribution in [0, 0.1) is 0 Å². The van der Waals surface area contributed by atoms with Gasteiger partial charge in [-0.15, -0.1) is 0 Å². The molecule has 0 aromatic carbocycles. The summed E-state index contributed by atoms with van der Waals surface area (Å²) in [5.74, 6) is -0.384. The Morgan fingerprint density at radius 1 is 1.16 bits per heavy atom. The second kappa shape index (κ2) is 8.84. The number of carbonyl (C=O) groups is 1. The van der Waals surface area contributed by atoms with Crippen LogP contribution in [0.25, 0.3) is 0 Å². The summed E-state index contributed by atoms with van der Waals surface area (Å²) in [4.78, 5) is 37.7. The smallest absolute Gasteiger partial charge is 0.344 e. The van der Waals surface area contributed by atoms with Gasteiger partial charge in [-0.3, -0.25) is 13.9 Å². The van der Waals surface area contributed by atoms with Crippen molar-refractivity contribution >= 4 is 21.1 Å². The Labute approximate surface area is 112 Å². The van der Waals surface area contributed by atoms with E-state index in [1.54, 1.807) is 6.92 Å². The number of hydrogen-bond acceptors (Lipinski definition) is 4. The molecule has 19 heavy (non-hydrogen) atoms. The number of carbonyl (C=O) groups excluding carboxylic acids is 1. The Hall–Kier alpha value is -0.230. The van der Waals surface area contributed by atoms with Crippen LogP contribution in [0.4, 0.5) is 0 Å². The molecule has 0 aromatic heterocycles. The zero-order chi connectivity index (χ0) is 14.9. The molecule has 4 N–H and O–H groups in total. The fourth-order valence-electron chi connectivity index (χ4n) is 1.30. The van der Waals surface area contributed by atoms with Crippen LogP contribution < -0.4 is 5.32 Å². The van der Waals surface area contributed by atoms with Crippen molar-refractivity contribution < 1.29 is 33.1 Å². The molecule has 0 spiro atoms. The number of amides is 1. The van der Waals surface area contributed by atoms with E-state index in [4.69, 9.17) is 9.79 Å². The van der Waals surface area contributed by atoms with Gasteiger partial charge in [0.2, 0.25) is 5.91 Å². The van der Waals surface area contributed by atoms with Crippen LogP contribution in [0.5, 0.6) is 0 Å². The van der Waals surface area contributed by atoms with E-state index in [0.29, 0.717) is 19.3 Å². The quantitative estimate of drug-likeness (QED) is 0.349. The minimum absolute atomic E-state index is 0.0893. The average molecular weight is 317 g/mol. The molecule has 0 aliphatic rings. The average Bonchev–Trinajstić information content (AvgIpc) is 2.24. The van der Waals surface area contributed by atoms with Gasteiger partial charge in [-0.1, -0.05) is 6.42 Å². The predicted molar refractivity (Wildman–Crippen MR) is 69.8 cm³/mol. The molecule has 1 amide bonds. The van der Waals surface area contributed by atoms with Gasteiger partial charge in [0.15, 0.2) is 0 Å². The SMILES string of the molecule is CCOP(=O)(O)CNC(=O)CCCCCP(=O)(O)O. The maximum Gasteiger partial charge on any atom is 0.347 e. The molecule has 1 atom stereocenters. The third-order valence-corrected chi connectivity index (χ3v) is 4.28. The van der Waals surface area contributed by atoms with Crippen LogP contribution >= 0.6 is 15.2 Å². The molecule has 1 unspecified atom stereocenters.